The third-order valence-corrected chi connectivity index (χ3v) is 7.77. The van der Waals surface area contributed by atoms with E-state index in [0.717, 1.165) is 36.2 Å². The molecule has 144 valence electrons. The molecule has 0 atom stereocenters. The van der Waals surface area contributed by atoms with Gasteiger partial charge in [0.2, 0.25) is 0 Å². The van der Waals surface area contributed by atoms with Crippen molar-refractivity contribution in [3.63, 3.8) is 0 Å². The van der Waals surface area contributed by atoms with Crippen molar-refractivity contribution < 1.29 is 4.74 Å². The molecule has 0 radical (unpaired) electrons. The molecular formula is C24H42O. The van der Waals surface area contributed by atoms with E-state index in [9.17, 15) is 0 Å². The maximum absolute atomic E-state index is 6.35. The summed E-state index contributed by atoms with van der Waals surface area (Å²) >= 11 is 0. The maximum atomic E-state index is 6.35. The molecule has 0 unspecified atom stereocenters. The van der Waals surface area contributed by atoms with Crippen LogP contribution in [-0.4, -0.2) is 12.7 Å². The third kappa shape index (κ3) is 5.84. The van der Waals surface area contributed by atoms with Gasteiger partial charge in [0.05, 0.1) is 6.10 Å². The van der Waals surface area contributed by atoms with Crippen molar-refractivity contribution in [2.45, 2.75) is 103 Å². The van der Waals surface area contributed by atoms with Gasteiger partial charge in [-0.15, -0.1) is 6.58 Å². The van der Waals surface area contributed by atoms with Crippen LogP contribution in [0.4, 0.5) is 0 Å². The lowest BCUT2D eigenvalue weighted by Crippen LogP contribution is -2.28. The van der Waals surface area contributed by atoms with Crippen molar-refractivity contribution in [2.75, 3.05) is 6.61 Å². The molecule has 3 aliphatic carbocycles. The van der Waals surface area contributed by atoms with Crippen molar-refractivity contribution in [1.82, 2.24) is 0 Å². The van der Waals surface area contributed by atoms with E-state index in [1.165, 1.54) is 89.9 Å². The Hall–Kier alpha value is -0.300. The Morgan fingerprint density at radius 1 is 0.760 bits per heavy atom. The van der Waals surface area contributed by atoms with Gasteiger partial charge in [-0.05, 0) is 107 Å². The van der Waals surface area contributed by atoms with E-state index in [-0.39, 0.29) is 0 Å². The van der Waals surface area contributed by atoms with Crippen LogP contribution in [0.2, 0.25) is 0 Å². The smallest absolute Gasteiger partial charge is 0.0575 e. The topological polar surface area (TPSA) is 9.23 Å². The van der Waals surface area contributed by atoms with Gasteiger partial charge < -0.3 is 4.74 Å². The first-order valence-corrected chi connectivity index (χ1v) is 11.5. The van der Waals surface area contributed by atoms with Gasteiger partial charge in [-0.1, -0.05) is 25.8 Å². The molecule has 0 heterocycles. The quantitative estimate of drug-likeness (QED) is 0.444. The second-order valence-corrected chi connectivity index (χ2v) is 9.46. The lowest BCUT2D eigenvalue weighted by atomic mass is 9.69. The van der Waals surface area contributed by atoms with Crippen LogP contribution in [0.3, 0.4) is 0 Å². The summed E-state index contributed by atoms with van der Waals surface area (Å²) in [6.07, 6.45) is 22.6. The Morgan fingerprint density at radius 3 is 1.88 bits per heavy atom. The van der Waals surface area contributed by atoms with E-state index in [1.807, 2.05) is 0 Å². The molecule has 1 nitrogen and oxygen atoms in total. The number of hydrogen-bond donors (Lipinski definition) is 0. The molecule has 3 fully saturated rings. The highest BCUT2D eigenvalue weighted by molar-refractivity contribution is 4.87. The van der Waals surface area contributed by atoms with Crippen LogP contribution >= 0.6 is 0 Å². The molecule has 1 heteroatoms. The Morgan fingerprint density at radius 2 is 1.32 bits per heavy atom. The predicted octanol–water partition coefficient (Wildman–Crippen LogP) is 7.16. The Kier molecular flexibility index (Phi) is 7.90. The van der Waals surface area contributed by atoms with Crippen molar-refractivity contribution >= 4 is 0 Å². The van der Waals surface area contributed by atoms with Gasteiger partial charge in [0, 0.05) is 6.61 Å². The molecule has 0 N–H and O–H groups in total. The highest BCUT2D eigenvalue weighted by Crippen LogP contribution is 2.41. The molecule has 0 aromatic carbocycles. The van der Waals surface area contributed by atoms with Crippen LogP contribution in [0, 0.1) is 29.6 Å². The first-order chi connectivity index (χ1) is 12.3. The molecule has 3 rings (SSSR count). The largest absolute Gasteiger partial charge is 0.378 e. The summed E-state index contributed by atoms with van der Waals surface area (Å²) in [5, 5.41) is 0. The first kappa shape index (κ1) is 19.5. The fourth-order valence-corrected chi connectivity index (χ4v) is 5.95. The van der Waals surface area contributed by atoms with Crippen molar-refractivity contribution in [2.24, 2.45) is 29.6 Å². The van der Waals surface area contributed by atoms with Crippen molar-refractivity contribution in [3.8, 4) is 0 Å². The standard InChI is InChI=1S/C24H42O/c1-3-5-20-10-16-24(17-11-20)25-18-21-8-14-23(15-9-21)22-12-6-19(4-2)7-13-22/h4,19-24H,2-3,5-18H2,1H3. The van der Waals surface area contributed by atoms with E-state index in [0.29, 0.717) is 6.10 Å². The van der Waals surface area contributed by atoms with Gasteiger partial charge in [0.25, 0.3) is 0 Å². The molecule has 0 aromatic rings. The molecule has 0 bridgehead atoms. The molecule has 3 saturated carbocycles. The summed E-state index contributed by atoms with van der Waals surface area (Å²) in [6.45, 7) is 7.37. The highest BCUT2D eigenvalue weighted by atomic mass is 16.5. The average Bonchev–Trinajstić information content (AvgIpc) is 2.68. The monoisotopic (exact) mass is 346 g/mol. The van der Waals surface area contributed by atoms with Crippen LogP contribution in [0.1, 0.15) is 96.8 Å². The molecule has 3 aliphatic rings. The number of rotatable bonds is 7. The molecule has 0 saturated heterocycles. The second-order valence-electron chi connectivity index (χ2n) is 9.46. The molecule has 0 aliphatic heterocycles. The second kappa shape index (κ2) is 10.1. The summed E-state index contributed by atoms with van der Waals surface area (Å²) < 4.78 is 6.35. The highest BCUT2D eigenvalue weighted by Gasteiger charge is 2.31. The van der Waals surface area contributed by atoms with Crippen molar-refractivity contribution in [1.29, 1.82) is 0 Å². The predicted molar refractivity (Wildman–Crippen MR) is 108 cm³/mol. The summed E-state index contributed by atoms with van der Waals surface area (Å²) in [5.41, 5.74) is 0. The minimum absolute atomic E-state index is 0.583. The number of hydrogen-bond acceptors (Lipinski definition) is 1. The number of allylic oxidation sites excluding steroid dienone is 1. The van der Waals surface area contributed by atoms with E-state index < -0.39 is 0 Å². The van der Waals surface area contributed by atoms with Gasteiger partial charge in [0.15, 0.2) is 0 Å². The molecule has 0 amide bonds. The lowest BCUT2D eigenvalue weighted by molar-refractivity contribution is -0.0127. The Bertz CT molecular complexity index is 366. The van der Waals surface area contributed by atoms with Crippen LogP contribution in [0.5, 0.6) is 0 Å². The van der Waals surface area contributed by atoms with Gasteiger partial charge in [-0.3, -0.25) is 0 Å². The summed E-state index contributed by atoms with van der Waals surface area (Å²) in [5.74, 6) is 4.71. The third-order valence-electron chi connectivity index (χ3n) is 7.77. The average molecular weight is 347 g/mol. The van der Waals surface area contributed by atoms with E-state index in [2.05, 4.69) is 19.6 Å². The molecule has 0 aromatic heterocycles. The zero-order valence-corrected chi connectivity index (χ0v) is 16.8. The van der Waals surface area contributed by atoms with Gasteiger partial charge in [-0.2, -0.15) is 0 Å². The normalized spacial score (nSPS) is 39.9. The Balaban J connectivity index is 1.29. The molecule has 25 heavy (non-hydrogen) atoms. The van der Waals surface area contributed by atoms with Gasteiger partial charge in [-0.25, -0.2) is 0 Å². The molecular weight excluding hydrogens is 304 g/mol. The van der Waals surface area contributed by atoms with Crippen LogP contribution < -0.4 is 0 Å². The SMILES string of the molecule is C=CC1CCC(C2CCC(COC3CCC(CCC)CC3)CC2)CC1. The summed E-state index contributed by atoms with van der Waals surface area (Å²) in [4.78, 5) is 0. The van der Waals surface area contributed by atoms with E-state index in [1.54, 1.807) is 0 Å². The van der Waals surface area contributed by atoms with Crippen LogP contribution in [0.15, 0.2) is 12.7 Å². The Labute approximate surface area is 157 Å². The fraction of sp³-hybridized carbons (Fsp3) is 0.917. The zero-order valence-electron chi connectivity index (χ0n) is 16.8. The zero-order chi connectivity index (χ0) is 17.5. The fourth-order valence-electron chi connectivity index (χ4n) is 5.95. The van der Waals surface area contributed by atoms with E-state index in [4.69, 9.17) is 4.74 Å². The maximum Gasteiger partial charge on any atom is 0.0575 e. The van der Waals surface area contributed by atoms with Crippen molar-refractivity contribution in [3.05, 3.63) is 12.7 Å². The van der Waals surface area contributed by atoms with E-state index >= 15 is 0 Å². The summed E-state index contributed by atoms with van der Waals surface area (Å²) in [6, 6.07) is 0. The molecule has 0 spiro atoms. The van der Waals surface area contributed by atoms with Gasteiger partial charge >= 0.3 is 0 Å². The minimum atomic E-state index is 0.583. The number of ether oxygens (including phenoxy) is 1. The lowest BCUT2D eigenvalue weighted by Gasteiger charge is -2.38. The summed E-state index contributed by atoms with van der Waals surface area (Å²) in [7, 11) is 0. The minimum Gasteiger partial charge on any atom is -0.378 e. The van der Waals surface area contributed by atoms with Crippen LogP contribution in [-0.2, 0) is 4.74 Å². The van der Waals surface area contributed by atoms with Crippen LogP contribution in [0.25, 0.3) is 0 Å². The van der Waals surface area contributed by atoms with Gasteiger partial charge in [0.1, 0.15) is 0 Å². The first-order valence-electron chi connectivity index (χ1n) is 11.5.